The van der Waals surface area contributed by atoms with Crippen LogP contribution in [0.2, 0.25) is 0 Å². The normalized spacial score (nSPS) is 13.2. The second-order valence-electron chi connectivity index (χ2n) is 4.36. The van der Waals surface area contributed by atoms with Crippen molar-refractivity contribution >= 4 is 0 Å². The summed E-state index contributed by atoms with van der Waals surface area (Å²) in [7, 11) is 0. The molecule has 0 aliphatic heterocycles. The fourth-order valence-electron chi connectivity index (χ4n) is 1.56. The van der Waals surface area contributed by atoms with Crippen molar-refractivity contribution in [1.82, 2.24) is 0 Å². The number of benzene rings is 1. The van der Waals surface area contributed by atoms with Crippen molar-refractivity contribution in [2.24, 2.45) is 11.7 Å². The molecule has 0 saturated heterocycles. The summed E-state index contributed by atoms with van der Waals surface area (Å²) in [6, 6.07) is 0.601. The molecule has 1 aromatic rings. The maximum absolute atomic E-state index is 13.3. The van der Waals surface area contributed by atoms with Gasteiger partial charge in [-0.1, -0.05) is 13.8 Å². The van der Waals surface area contributed by atoms with Gasteiger partial charge in [-0.2, -0.15) is 0 Å². The third-order valence-electron chi connectivity index (χ3n) is 2.47. The molecule has 1 rings (SSSR count). The number of hydrogen-bond acceptors (Lipinski definition) is 1. The Morgan fingerprint density at radius 3 is 2.00 bits per heavy atom. The molecule has 0 aliphatic carbocycles. The molecule has 90 valence electrons. The fourth-order valence-corrected chi connectivity index (χ4v) is 1.56. The van der Waals surface area contributed by atoms with Crippen LogP contribution in [0.3, 0.4) is 0 Å². The van der Waals surface area contributed by atoms with Crippen LogP contribution in [0.15, 0.2) is 12.1 Å². The molecular formula is C12H16F3N. The van der Waals surface area contributed by atoms with Gasteiger partial charge in [0.25, 0.3) is 0 Å². The van der Waals surface area contributed by atoms with E-state index in [4.69, 9.17) is 5.73 Å². The molecule has 16 heavy (non-hydrogen) atoms. The third kappa shape index (κ3) is 3.23. The first kappa shape index (κ1) is 13.0. The zero-order valence-corrected chi connectivity index (χ0v) is 9.43. The largest absolute Gasteiger partial charge is 0.324 e. The van der Waals surface area contributed by atoms with Gasteiger partial charge in [-0.3, -0.25) is 0 Å². The summed E-state index contributed by atoms with van der Waals surface area (Å²) in [4.78, 5) is 0. The first-order valence-corrected chi connectivity index (χ1v) is 5.31. The molecule has 4 heteroatoms. The highest BCUT2D eigenvalue weighted by Gasteiger charge is 2.18. The van der Waals surface area contributed by atoms with Crippen molar-refractivity contribution in [3.8, 4) is 0 Å². The van der Waals surface area contributed by atoms with Gasteiger partial charge >= 0.3 is 0 Å². The van der Waals surface area contributed by atoms with Gasteiger partial charge in [0.05, 0.1) is 0 Å². The lowest BCUT2D eigenvalue weighted by Gasteiger charge is -2.15. The number of rotatable bonds is 4. The molecule has 0 heterocycles. The highest BCUT2D eigenvalue weighted by atomic mass is 19.1. The van der Waals surface area contributed by atoms with Crippen molar-refractivity contribution in [2.45, 2.75) is 32.7 Å². The van der Waals surface area contributed by atoms with Crippen molar-refractivity contribution < 1.29 is 13.2 Å². The molecule has 0 aliphatic rings. The Bertz CT molecular complexity index is 340. The second kappa shape index (κ2) is 5.34. The molecule has 1 nitrogen and oxygen atoms in total. The number of hydrogen-bond donors (Lipinski definition) is 1. The van der Waals surface area contributed by atoms with E-state index >= 15 is 0 Å². The van der Waals surface area contributed by atoms with Gasteiger partial charge in [-0.05, 0) is 18.8 Å². The maximum Gasteiger partial charge on any atom is 0.133 e. The molecule has 1 aromatic carbocycles. The van der Waals surface area contributed by atoms with Crippen LogP contribution in [-0.2, 0) is 0 Å². The molecule has 0 aromatic heterocycles. The lowest BCUT2D eigenvalue weighted by molar-refractivity contribution is 0.460. The summed E-state index contributed by atoms with van der Waals surface area (Å²) >= 11 is 0. The molecule has 1 atom stereocenters. The predicted octanol–water partition coefficient (Wildman–Crippen LogP) is 3.54. The molecule has 1 unspecified atom stereocenters. The van der Waals surface area contributed by atoms with Gasteiger partial charge < -0.3 is 5.73 Å². The van der Waals surface area contributed by atoms with Gasteiger partial charge in [0.2, 0.25) is 0 Å². The van der Waals surface area contributed by atoms with E-state index < -0.39 is 23.5 Å². The fraction of sp³-hybridized carbons (Fsp3) is 0.500. The minimum absolute atomic E-state index is 0.220. The van der Waals surface area contributed by atoms with Crippen LogP contribution < -0.4 is 5.73 Å². The highest BCUT2D eigenvalue weighted by Crippen LogP contribution is 2.24. The Labute approximate surface area is 93.5 Å². The Balaban J connectivity index is 2.86. The Morgan fingerprint density at radius 1 is 1.06 bits per heavy atom. The van der Waals surface area contributed by atoms with Crippen molar-refractivity contribution in [1.29, 1.82) is 0 Å². The van der Waals surface area contributed by atoms with Crippen molar-refractivity contribution in [2.75, 3.05) is 0 Å². The van der Waals surface area contributed by atoms with Crippen LogP contribution in [0.5, 0.6) is 0 Å². The standard InChI is InChI=1S/C12H16F3N/c1-7(2)3-4-11(16)12-9(14)5-8(13)6-10(12)15/h5-7,11H,3-4,16H2,1-2H3. The molecule has 0 amide bonds. The molecule has 0 fully saturated rings. The van der Waals surface area contributed by atoms with E-state index in [1.165, 1.54) is 0 Å². The summed E-state index contributed by atoms with van der Waals surface area (Å²) in [5.41, 5.74) is 5.47. The summed E-state index contributed by atoms with van der Waals surface area (Å²) in [5.74, 6) is -2.32. The molecule has 0 radical (unpaired) electrons. The average Bonchev–Trinajstić information content (AvgIpc) is 2.12. The molecule has 2 N–H and O–H groups in total. The first-order valence-electron chi connectivity index (χ1n) is 5.31. The van der Waals surface area contributed by atoms with Crippen LogP contribution in [0.4, 0.5) is 13.2 Å². The molecular weight excluding hydrogens is 215 g/mol. The van der Waals surface area contributed by atoms with Crippen molar-refractivity contribution in [3.05, 3.63) is 35.1 Å². The summed E-state index contributed by atoms with van der Waals surface area (Å²) in [5, 5.41) is 0. The topological polar surface area (TPSA) is 26.0 Å². The van der Waals surface area contributed by atoms with Crippen molar-refractivity contribution in [3.63, 3.8) is 0 Å². The summed E-state index contributed by atoms with van der Waals surface area (Å²) < 4.78 is 39.3. The van der Waals surface area contributed by atoms with Crippen LogP contribution in [0.1, 0.15) is 38.3 Å². The SMILES string of the molecule is CC(C)CCC(N)c1c(F)cc(F)cc1F. The lowest BCUT2D eigenvalue weighted by atomic mass is 9.97. The van der Waals surface area contributed by atoms with Gasteiger partial charge in [-0.25, -0.2) is 13.2 Å². The minimum atomic E-state index is -0.921. The third-order valence-corrected chi connectivity index (χ3v) is 2.47. The van der Waals surface area contributed by atoms with Crippen LogP contribution in [0.25, 0.3) is 0 Å². The molecule has 0 bridgehead atoms. The summed E-state index contributed by atoms with van der Waals surface area (Å²) in [6.45, 7) is 4.01. The molecule has 0 saturated carbocycles. The van der Waals surface area contributed by atoms with E-state index in [2.05, 4.69) is 0 Å². The van der Waals surface area contributed by atoms with Crippen LogP contribution >= 0.6 is 0 Å². The smallest absolute Gasteiger partial charge is 0.133 e. The highest BCUT2D eigenvalue weighted by molar-refractivity contribution is 5.23. The monoisotopic (exact) mass is 231 g/mol. The van der Waals surface area contributed by atoms with Gasteiger partial charge in [0, 0.05) is 23.7 Å². The Hall–Kier alpha value is -1.03. The zero-order chi connectivity index (χ0) is 12.3. The van der Waals surface area contributed by atoms with E-state index in [9.17, 15) is 13.2 Å². The van der Waals surface area contributed by atoms with E-state index in [1.807, 2.05) is 13.8 Å². The zero-order valence-electron chi connectivity index (χ0n) is 9.43. The number of nitrogens with two attached hydrogens (primary N) is 1. The summed E-state index contributed by atoms with van der Waals surface area (Å²) in [6.07, 6.45) is 1.26. The predicted molar refractivity (Wildman–Crippen MR) is 57.3 cm³/mol. The van der Waals surface area contributed by atoms with Gasteiger partial charge in [0.1, 0.15) is 17.5 Å². The Kier molecular flexibility index (Phi) is 4.35. The van der Waals surface area contributed by atoms with E-state index in [-0.39, 0.29) is 5.56 Å². The Morgan fingerprint density at radius 2 is 1.56 bits per heavy atom. The first-order chi connectivity index (χ1) is 7.41. The van der Waals surface area contributed by atoms with Crippen LogP contribution in [0, 0.1) is 23.4 Å². The van der Waals surface area contributed by atoms with Gasteiger partial charge in [0.15, 0.2) is 0 Å². The average molecular weight is 231 g/mol. The molecule has 0 spiro atoms. The second-order valence-corrected chi connectivity index (χ2v) is 4.36. The lowest BCUT2D eigenvalue weighted by Crippen LogP contribution is -2.15. The van der Waals surface area contributed by atoms with Gasteiger partial charge in [-0.15, -0.1) is 0 Å². The van der Waals surface area contributed by atoms with Crippen LogP contribution in [-0.4, -0.2) is 0 Å². The minimum Gasteiger partial charge on any atom is -0.324 e. The van der Waals surface area contributed by atoms with E-state index in [0.717, 1.165) is 6.42 Å². The maximum atomic E-state index is 13.3. The number of halogens is 3. The quantitative estimate of drug-likeness (QED) is 0.842. The van der Waals surface area contributed by atoms with E-state index in [0.29, 0.717) is 24.5 Å². The van der Waals surface area contributed by atoms with E-state index in [1.54, 1.807) is 0 Å².